The van der Waals surface area contributed by atoms with Crippen molar-refractivity contribution >= 4 is 11.7 Å². The fourth-order valence-corrected chi connectivity index (χ4v) is 1.73. The van der Waals surface area contributed by atoms with Gasteiger partial charge in [0.2, 0.25) is 0 Å². The third kappa shape index (κ3) is 2.67. The van der Waals surface area contributed by atoms with E-state index in [1.165, 1.54) is 14.2 Å². The molecule has 0 saturated carbocycles. The van der Waals surface area contributed by atoms with Crippen molar-refractivity contribution in [2.45, 2.75) is 6.92 Å². The number of carbonyl (C=O) groups excluding carboxylic acids is 1. The molecule has 0 unspecified atom stereocenters. The van der Waals surface area contributed by atoms with Gasteiger partial charge in [0.1, 0.15) is 0 Å². The lowest BCUT2D eigenvalue weighted by Crippen LogP contribution is -2.13. The van der Waals surface area contributed by atoms with Crippen LogP contribution < -0.4 is 14.8 Å². The van der Waals surface area contributed by atoms with Gasteiger partial charge in [-0.2, -0.15) is 5.10 Å². The molecule has 1 amide bonds. The van der Waals surface area contributed by atoms with E-state index in [1.807, 2.05) is 6.92 Å². The summed E-state index contributed by atoms with van der Waals surface area (Å²) in [5, 5.41) is 9.39. The Morgan fingerprint density at radius 3 is 2.68 bits per heavy atom. The molecule has 2 aromatic rings. The highest BCUT2D eigenvalue weighted by atomic mass is 16.5. The number of para-hydroxylation sites is 1. The molecular weight excluding hydrogens is 246 g/mol. The number of aromatic amines is 1. The van der Waals surface area contributed by atoms with E-state index in [4.69, 9.17) is 9.47 Å². The Kier molecular flexibility index (Phi) is 3.70. The standard InChI is InChI=1S/C13H15N3O3/c1-8-7-11(16-15-8)14-13(17)9-5-4-6-10(18-2)12(9)19-3/h4-7H,1-3H3,(H2,14,15,16,17). The van der Waals surface area contributed by atoms with Crippen molar-refractivity contribution in [3.63, 3.8) is 0 Å². The molecule has 1 heterocycles. The number of benzene rings is 1. The number of methoxy groups -OCH3 is 2. The van der Waals surface area contributed by atoms with Gasteiger partial charge in [-0.25, -0.2) is 0 Å². The highest BCUT2D eigenvalue weighted by Gasteiger charge is 2.17. The molecule has 2 rings (SSSR count). The number of ether oxygens (including phenoxy) is 2. The zero-order valence-corrected chi connectivity index (χ0v) is 11.0. The summed E-state index contributed by atoms with van der Waals surface area (Å²) in [5.74, 6) is 1.07. The lowest BCUT2D eigenvalue weighted by atomic mass is 10.1. The van der Waals surface area contributed by atoms with Crippen LogP contribution in [0.3, 0.4) is 0 Å². The smallest absolute Gasteiger partial charge is 0.260 e. The Bertz CT molecular complexity index is 593. The first-order chi connectivity index (χ1) is 9.15. The Morgan fingerprint density at radius 2 is 2.11 bits per heavy atom. The Balaban J connectivity index is 2.28. The topological polar surface area (TPSA) is 76.2 Å². The van der Waals surface area contributed by atoms with Crippen molar-refractivity contribution in [2.75, 3.05) is 19.5 Å². The Hall–Kier alpha value is -2.50. The molecule has 19 heavy (non-hydrogen) atoms. The minimum Gasteiger partial charge on any atom is -0.493 e. The zero-order chi connectivity index (χ0) is 13.8. The molecule has 0 saturated heterocycles. The van der Waals surface area contributed by atoms with Crippen LogP contribution in [0.2, 0.25) is 0 Å². The zero-order valence-electron chi connectivity index (χ0n) is 11.0. The predicted molar refractivity (Wildman–Crippen MR) is 70.8 cm³/mol. The number of anilines is 1. The number of carbonyl (C=O) groups is 1. The lowest BCUT2D eigenvalue weighted by molar-refractivity contribution is 0.102. The summed E-state index contributed by atoms with van der Waals surface area (Å²) in [4.78, 5) is 12.2. The Morgan fingerprint density at radius 1 is 1.32 bits per heavy atom. The molecule has 6 nitrogen and oxygen atoms in total. The maximum absolute atomic E-state index is 12.2. The minimum absolute atomic E-state index is 0.303. The SMILES string of the molecule is COc1cccc(C(=O)Nc2cc(C)[nH]n2)c1OC. The monoisotopic (exact) mass is 261 g/mol. The number of aryl methyl sites for hydroxylation is 1. The molecule has 2 N–H and O–H groups in total. The van der Waals surface area contributed by atoms with E-state index in [-0.39, 0.29) is 5.91 Å². The molecule has 1 aromatic heterocycles. The first-order valence-electron chi connectivity index (χ1n) is 5.70. The van der Waals surface area contributed by atoms with Gasteiger partial charge in [-0.3, -0.25) is 9.89 Å². The van der Waals surface area contributed by atoms with Crippen LogP contribution in [0.15, 0.2) is 24.3 Å². The number of amides is 1. The first kappa shape index (κ1) is 12.9. The number of aromatic nitrogens is 2. The molecule has 1 aromatic carbocycles. The van der Waals surface area contributed by atoms with E-state index in [2.05, 4.69) is 15.5 Å². The van der Waals surface area contributed by atoms with E-state index >= 15 is 0 Å². The third-order valence-electron chi connectivity index (χ3n) is 2.60. The van der Waals surface area contributed by atoms with Gasteiger partial charge in [0.25, 0.3) is 5.91 Å². The molecule has 0 fully saturated rings. The van der Waals surface area contributed by atoms with E-state index < -0.39 is 0 Å². The van der Waals surface area contributed by atoms with Gasteiger partial charge in [0, 0.05) is 11.8 Å². The third-order valence-corrected chi connectivity index (χ3v) is 2.60. The number of hydrogen-bond acceptors (Lipinski definition) is 4. The van der Waals surface area contributed by atoms with Crippen molar-refractivity contribution in [2.24, 2.45) is 0 Å². The van der Waals surface area contributed by atoms with Crippen LogP contribution in [-0.2, 0) is 0 Å². The van der Waals surface area contributed by atoms with Crippen LogP contribution in [0.4, 0.5) is 5.82 Å². The minimum atomic E-state index is -0.303. The van der Waals surface area contributed by atoms with Crippen molar-refractivity contribution in [1.29, 1.82) is 0 Å². The van der Waals surface area contributed by atoms with Crippen LogP contribution in [0.5, 0.6) is 11.5 Å². The van der Waals surface area contributed by atoms with Crippen molar-refractivity contribution in [3.8, 4) is 11.5 Å². The van der Waals surface area contributed by atoms with Gasteiger partial charge in [0.15, 0.2) is 17.3 Å². The number of hydrogen-bond donors (Lipinski definition) is 2. The molecule has 0 aliphatic heterocycles. The maximum atomic E-state index is 12.2. The molecule has 0 atom stereocenters. The van der Waals surface area contributed by atoms with Crippen LogP contribution in [-0.4, -0.2) is 30.3 Å². The van der Waals surface area contributed by atoms with Crippen LogP contribution >= 0.6 is 0 Å². The van der Waals surface area contributed by atoms with Crippen LogP contribution in [0.1, 0.15) is 16.1 Å². The second-order valence-electron chi connectivity index (χ2n) is 3.93. The van der Waals surface area contributed by atoms with Gasteiger partial charge in [-0.05, 0) is 19.1 Å². The maximum Gasteiger partial charge on any atom is 0.260 e. The predicted octanol–water partition coefficient (Wildman–Crippen LogP) is 1.99. The first-order valence-corrected chi connectivity index (χ1v) is 5.70. The molecular formula is C13H15N3O3. The highest BCUT2D eigenvalue weighted by Crippen LogP contribution is 2.30. The summed E-state index contributed by atoms with van der Waals surface area (Å²) in [5.41, 5.74) is 1.26. The van der Waals surface area contributed by atoms with Crippen molar-refractivity contribution in [1.82, 2.24) is 10.2 Å². The summed E-state index contributed by atoms with van der Waals surface area (Å²) in [6.45, 7) is 1.86. The molecule has 100 valence electrons. The van der Waals surface area contributed by atoms with E-state index in [0.717, 1.165) is 5.69 Å². The van der Waals surface area contributed by atoms with Crippen LogP contribution in [0.25, 0.3) is 0 Å². The highest BCUT2D eigenvalue weighted by molar-refractivity contribution is 6.06. The molecule has 0 radical (unpaired) electrons. The molecule has 0 aliphatic carbocycles. The van der Waals surface area contributed by atoms with Gasteiger partial charge < -0.3 is 14.8 Å². The fraction of sp³-hybridized carbons (Fsp3) is 0.231. The fourth-order valence-electron chi connectivity index (χ4n) is 1.73. The lowest BCUT2D eigenvalue weighted by Gasteiger charge is -2.11. The number of nitrogens with zero attached hydrogens (tertiary/aromatic N) is 1. The second-order valence-corrected chi connectivity index (χ2v) is 3.93. The summed E-state index contributed by atoms with van der Waals surface area (Å²) in [6, 6.07) is 6.86. The summed E-state index contributed by atoms with van der Waals surface area (Å²) in [6.07, 6.45) is 0. The summed E-state index contributed by atoms with van der Waals surface area (Å²) >= 11 is 0. The second kappa shape index (κ2) is 5.43. The Labute approximate surface area is 110 Å². The average Bonchev–Trinajstić information content (AvgIpc) is 2.82. The average molecular weight is 261 g/mol. The van der Waals surface area contributed by atoms with E-state index in [9.17, 15) is 4.79 Å². The number of rotatable bonds is 4. The molecule has 6 heteroatoms. The molecule has 0 aliphatic rings. The largest absolute Gasteiger partial charge is 0.493 e. The molecule has 0 bridgehead atoms. The number of H-pyrrole nitrogens is 1. The normalized spacial score (nSPS) is 10.1. The van der Waals surface area contributed by atoms with Crippen molar-refractivity contribution < 1.29 is 14.3 Å². The van der Waals surface area contributed by atoms with E-state index in [0.29, 0.717) is 22.9 Å². The van der Waals surface area contributed by atoms with Crippen molar-refractivity contribution in [3.05, 3.63) is 35.5 Å². The summed E-state index contributed by atoms with van der Waals surface area (Å²) < 4.78 is 10.4. The van der Waals surface area contributed by atoms with Gasteiger partial charge in [0.05, 0.1) is 19.8 Å². The van der Waals surface area contributed by atoms with Gasteiger partial charge in [-0.15, -0.1) is 0 Å². The van der Waals surface area contributed by atoms with Gasteiger partial charge in [-0.1, -0.05) is 6.07 Å². The van der Waals surface area contributed by atoms with E-state index in [1.54, 1.807) is 24.3 Å². The number of nitrogens with one attached hydrogen (secondary N) is 2. The summed E-state index contributed by atoms with van der Waals surface area (Å²) in [7, 11) is 3.02. The molecule has 0 spiro atoms. The van der Waals surface area contributed by atoms with Crippen LogP contribution in [0, 0.1) is 6.92 Å². The van der Waals surface area contributed by atoms with Gasteiger partial charge >= 0.3 is 0 Å². The quantitative estimate of drug-likeness (QED) is 0.882.